The lowest BCUT2D eigenvalue weighted by Crippen LogP contribution is -2.35. The van der Waals surface area contributed by atoms with Crippen LogP contribution in [0.3, 0.4) is 0 Å². The maximum absolute atomic E-state index is 12.6. The molecule has 0 bridgehead atoms. The van der Waals surface area contributed by atoms with Crippen molar-refractivity contribution in [2.75, 3.05) is 18.9 Å². The fourth-order valence-electron chi connectivity index (χ4n) is 2.28. The Bertz CT molecular complexity index is 907. The van der Waals surface area contributed by atoms with E-state index in [2.05, 4.69) is 5.32 Å². The van der Waals surface area contributed by atoms with Gasteiger partial charge in [0.05, 0.1) is 17.1 Å². The highest BCUT2D eigenvalue weighted by atomic mass is 32.2. The summed E-state index contributed by atoms with van der Waals surface area (Å²) >= 11 is 0. The summed E-state index contributed by atoms with van der Waals surface area (Å²) in [5, 5.41) is 12.3. The van der Waals surface area contributed by atoms with Crippen LogP contribution in [0.25, 0.3) is 0 Å². The molecule has 2 aromatic rings. The van der Waals surface area contributed by atoms with Crippen LogP contribution < -0.4 is 5.32 Å². The van der Waals surface area contributed by atoms with Crippen LogP contribution in [0.15, 0.2) is 41.3 Å². The molecule has 0 aliphatic heterocycles. The number of anilines is 1. The lowest BCUT2D eigenvalue weighted by molar-refractivity contribution is -0.116. The number of benzene rings is 2. The van der Waals surface area contributed by atoms with Gasteiger partial charge in [-0.1, -0.05) is 12.1 Å². The Hall–Kier alpha value is -2.38. The Morgan fingerprint density at radius 1 is 1.08 bits per heavy atom. The molecule has 0 aromatic heterocycles. The van der Waals surface area contributed by atoms with E-state index in [1.54, 1.807) is 24.3 Å². The summed E-state index contributed by atoms with van der Waals surface area (Å²) in [6.45, 7) is 5.19. The molecule has 0 aliphatic carbocycles. The first kappa shape index (κ1) is 19.0. The number of carbonyl (C=O) groups is 1. The molecular weight excluding hydrogens is 340 g/mol. The minimum Gasteiger partial charge on any atom is -0.506 e. The standard InChI is InChI=1S/C18H22N2O4S/c1-12-5-8-16(17(21)9-12)19-18(22)11-20(4)25(23,24)15-7-6-13(2)14(3)10-15/h5-10,21H,11H2,1-4H3,(H,19,22). The third-order valence-electron chi connectivity index (χ3n) is 3.98. The van der Waals surface area contributed by atoms with Crippen molar-refractivity contribution in [2.45, 2.75) is 25.7 Å². The van der Waals surface area contributed by atoms with Gasteiger partial charge in [0.2, 0.25) is 15.9 Å². The van der Waals surface area contributed by atoms with Crippen LogP contribution in [0.2, 0.25) is 0 Å². The predicted octanol–water partition coefficient (Wildman–Crippen LogP) is 2.58. The van der Waals surface area contributed by atoms with Gasteiger partial charge in [-0.3, -0.25) is 4.79 Å². The van der Waals surface area contributed by atoms with Crippen LogP contribution in [-0.4, -0.2) is 37.3 Å². The van der Waals surface area contributed by atoms with Crippen molar-refractivity contribution in [2.24, 2.45) is 0 Å². The fraction of sp³-hybridized carbons (Fsp3) is 0.278. The second-order valence-corrected chi connectivity index (χ2v) is 8.12. The van der Waals surface area contributed by atoms with Gasteiger partial charge in [-0.2, -0.15) is 4.31 Å². The summed E-state index contributed by atoms with van der Waals surface area (Å²) in [6.07, 6.45) is 0. The summed E-state index contributed by atoms with van der Waals surface area (Å²) in [7, 11) is -2.43. The molecule has 2 N–H and O–H groups in total. The van der Waals surface area contributed by atoms with Crippen molar-refractivity contribution in [1.29, 1.82) is 0 Å². The van der Waals surface area contributed by atoms with Gasteiger partial charge in [-0.05, 0) is 61.7 Å². The number of sulfonamides is 1. The Morgan fingerprint density at radius 3 is 2.36 bits per heavy atom. The molecule has 2 aromatic carbocycles. The number of rotatable bonds is 5. The average molecular weight is 362 g/mol. The quantitative estimate of drug-likeness (QED) is 0.801. The van der Waals surface area contributed by atoms with Crippen molar-refractivity contribution in [3.63, 3.8) is 0 Å². The summed E-state index contributed by atoms with van der Waals surface area (Å²) in [4.78, 5) is 12.3. The lowest BCUT2D eigenvalue weighted by Gasteiger charge is -2.18. The number of amides is 1. The molecule has 0 radical (unpaired) electrons. The monoisotopic (exact) mass is 362 g/mol. The number of aryl methyl sites for hydroxylation is 3. The molecule has 0 unspecified atom stereocenters. The van der Waals surface area contributed by atoms with E-state index >= 15 is 0 Å². The molecular formula is C18H22N2O4S. The van der Waals surface area contributed by atoms with Gasteiger partial charge < -0.3 is 10.4 Å². The van der Waals surface area contributed by atoms with Gasteiger partial charge in [0, 0.05) is 7.05 Å². The van der Waals surface area contributed by atoms with Crippen molar-refractivity contribution >= 4 is 21.6 Å². The first-order valence-corrected chi connectivity index (χ1v) is 9.18. The van der Waals surface area contributed by atoms with Crippen molar-refractivity contribution in [1.82, 2.24) is 4.31 Å². The van der Waals surface area contributed by atoms with E-state index < -0.39 is 15.9 Å². The highest BCUT2D eigenvalue weighted by molar-refractivity contribution is 7.89. The molecule has 2 rings (SSSR count). The molecule has 0 spiro atoms. The number of nitrogens with one attached hydrogen (secondary N) is 1. The van der Waals surface area contributed by atoms with E-state index in [1.165, 1.54) is 19.2 Å². The Balaban J connectivity index is 2.13. The van der Waals surface area contributed by atoms with Crippen LogP contribution >= 0.6 is 0 Å². The third-order valence-corrected chi connectivity index (χ3v) is 5.78. The summed E-state index contributed by atoms with van der Waals surface area (Å²) < 4.78 is 26.2. The zero-order valence-corrected chi connectivity index (χ0v) is 15.5. The minimum absolute atomic E-state index is 0.0620. The van der Waals surface area contributed by atoms with Crippen LogP contribution in [0, 0.1) is 20.8 Å². The fourth-order valence-corrected chi connectivity index (χ4v) is 3.49. The van der Waals surface area contributed by atoms with Crippen LogP contribution in [0.5, 0.6) is 5.75 Å². The van der Waals surface area contributed by atoms with Gasteiger partial charge in [0.1, 0.15) is 5.75 Å². The predicted molar refractivity (Wildman–Crippen MR) is 97.2 cm³/mol. The second kappa shape index (κ2) is 7.25. The molecule has 25 heavy (non-hydrogen) atoms. The Morgan fingerprint density at radius 2 is 1.76 bits per heavy atom. The molecule has 0 fully saturated rings. The largest absolute Gasteiger partial charge is 0.506 e. The van der Waals surface area contributed by atoms with E-state index in [1.807, 2.05) is 20.8 Å². The molecule has 0 saturated heterocycles. The number of carbonyl (C=O) groups excluding carboxylic acids is 1. The van der Waals surface area contributed by atoms with Crippen LogP contribution in [-0.2, 0) is 14.8 Å². The summed E-state index contributed by atoms with van der Waals surface area (Å²) in [5.74, 6) is -0.595. The van der Waals surface area contributed by atoms with Gasteiger partial charge >= 0.3 is 0 Å². The van der Waals surface area contributed by atoms with E-state index in [4.69, 9.17) is 0 Å². The summed E-state index contributed by atoms with van der Waals surface area (Å²) in [6, 6.07) is 9.68. The number of hydrogen-bond donors (Lipinski definition) is 2. The van der Waals surface area contributed by atoms with Crippen LogP contribution in [0.1, 0.15) is 16.7 Å². The number of hydrogen-bond acceptors (Lipinski definition) is 4. The van der Waals surface area contributed by atoms with E-state index in [-0.39, 0.29) is 22.9 Å². The Kier molecular flexibility index (Phi) is 5.49. The smallest absolute Gasteiger partial charge is 0.243 e. The van der Waals surface area contributed by atoms with Gasteiger partial charge in [-0.15, -0.1) is 0 Å². The Labute approximate surface area is 148 Å². The van der Waals surface area contributed by atoms with Gasteiger partial charge in [0.15, 0.2) is 0 Å². The zero-order valence-electron chi connectivity index (χ0n) is 14.7. The van der Waals surface area contributed by atoms with E-state index in [0.717, 1.165) is 21.0 Å². The number of aromatic hydroxyl groups is 1. The number of phenols is 1. The summed E-state index contributed by atoms with van der Waals surface area (Å²) in [5.41, 5.74) is 2.95. The average Bonchev–Trinajstić information content (AvgIpc) is 2.52. The molecule has 6 nitrogen and oxygen atoms in total. The second-order valence-electron chi connectivity index (χ2n) is 6.08. The third kappa shape index (κ3) is 4.37. The highest BCUT2D eigenvalue weighted by Gasteiger charge is 2.23. The number of likely N-dealkylation sites (N-methyl/N-ethyl adjacent to an activating group) is 1. The molecule has 0 heterocycles. The first-order chi connectivity index (χ1) is 11.6. The normalized spacial score (nSPS) is 11.6. The molecule has 0 atom stereocenters. The minimum atomic E-state index is -3.77. The van der Waals surface area contributed by atoms with E-state index in [0.29, 0.717) is 0 Å². The number of phenolic OH excluding ortho intramolecular Hbond substituents is 1. The van der Waals surface area contributed by atoms with Gasteiger partial charge in [-0.25, -0.2) is 8.42 Å². The SMILES string of the molecule is Cc1ccc(NC(=O)CN(C)S(=O)(=O)c2ccc(C)c(C)c2)c(O)c1. The molecule has 0 saturated carbocycles. The molecule has 1 amide bonds. The molecule has 0 aliphatic rings. The number of nitrogens with zero attached hydrogens (tertiary/aromatic N) is 1. The maximum Gasteiger partial charge on any atom is 0.243 e. The zero-order chi connectivity index (χ0) is 18.8. The van der Waals surface area contributed by atoms with Crippen molar-refractivity contribution in [3.05, 3.63) is 53.1 Å². The lowest BCUT2D eigenvalue weighted by atomic mass is 10.1. The van der Waals surface area contributed by atoms with Crippen molar-refractivity contribution < 1.29 is 18.3 Å². The van der Waals surface area contributed by atoms with Gasteiger partial charge in [0.25, 0.3) is 0 Å². The van der Waals surface area contributed by atoms with Crippen molar-refractivity contribution in [3.8, 4) is 5.75 Å². The topological polar surface area (TPSA) is 86.7 Å². The first-order valence-electron chi connectivity index (χ1n) is 7.74. The molecule has 7 heteroatoms. The van der Waals surface area contributed by atoms with E-state index in [9.17, 15) is 18.3 Å². The molecule has 134 valence electrons. The maximum atomic E-state index is 12.6. The highest BCUT2D eigenvalue weighted by Crippen LogP contribution is 2.24. The van der Waals surface area contributed by atoms with Crippen LogP contribution in [0.4, 0.5) is 5.69 Å².